The van der Waals surface area contributed by atoms with E-state index in [1.807, 2.05) is 0 Å². The van der Waals surface area contributed by atoms with Crippen LogP contribution in [0.3, 0.4) is 0 Å². The zero-order chi connectivity index (χ0) is 15.0. The van der Waals surface area contributed by atoms with E-state index < -0.39 is 46.0 Å². The average molecular weight is 286 g/mol. The third-order valence-corrected chi connectivity index (χ3v) is 2.74. The first-order valence-electron chi connectivity index (χ1n) is 5.46. The maximum absolute atomic E-state index is 13.5. The minimum atomic E-state index is -1.72. The van der Waals surface area contributed by atoms with Gasteiger partial charge in [-0.1, -0.05) is 0 Å². The molecule has 2 aromatic carbocycles. The molecule has 6 heteroatoms. The average Bonchev–Trinajstić information content (AvgIpc) is 2.38. The molecule has 0 atom stereocenters. The highest BCUT2D eigenvalue weighted by Crippen LogP contribution is 2.20. The molecule has 0 aliphatic carbocycles. The number of carbonyl (C=O) groups is 1. The van der Waals surface area contributed by atoms with Crippen molar-refractivity contribution in [3.63, 3.8) is 0 Å². The molecule has 1 nitrogen and oxygen atoms in total. The van der Waals surface area contributed by atoms with E-state index in [2.05, 4.69) is 0 Å². The number of benzene rings is 2. The number of carbonyl (C=O) groups excluding carboxylic acids is 1. The monoisotopic (exact) mass is 286 g/mol. The highest BCUT2D eigenvalue weighted by atomic mass is 19.2. The normalized spacial score (nSPS) is 10.7. The second kappa shape index (κ2) is 5.03. The zero-order valence-corrected chi connectivity index (χ0v) is 10.1. The molecule has 0 amide bonds. The Morgan fingerprint density at radius 3 is 1.90 bits per heavy atom. The van der Waals surface area contributed by atoms with E-state index in [1.165, 1.54) is 6.92 Å². The fraction of sp³-hybridized carbons (Fsp3) is 0.0714. The lowest BCUT2D eigenvalue weighted by Crippen LogP contribution is -2.08. The smallest absolute Gasteiger partial charge is 0.196 e. The summed E-state index contributed by atoms with van der Waals surface area (Å²) in [4.78, 5) is 11.9. The van der Waals surface area contributed by atoms with Crippen LogP contribution in [0.5, 0.6) is 0 Å². The fourth-order valence-electron chi connectivity index (χ4n) is 1.67. The van der Waals surface area contributed by atoms with Gasteiger partial charge in [0.1, 0.15) is 11.6 Å². The summed E-state index contributed by atoms with van der Waals surface area (Å²) in [6, 6.07) is 2.34. The molecule has 104 valence electrons. The molecule has 0 saturated heterocycles. The standard InChI is InChI=1S/C14H7F5O/c1-6-2-8(10(16)5-9(6)15)14(20)7-3-11(17)13(19)12(18)4-7/h2-5H,1H3. The predicted octanol–water partition coefficient (Wildman–Crippen LogP) is 3.92. The first-order valence-corrected chi connectivity index (χ1v) is 5.46. The quantitative estimate of drug-likeness (QED) is 0.464. The summed E-state index contributed by atoms with van der Waals surface area (Å²) >= 11 is 0. The molecule has 0 saturated carbocycles. The number of hydrogen-bond acceptors (Lipinski definition) is 1. The highest BCUT2D eigenvalue weighted by Gasteiger charge is 2.20. The van der Waals surface area contributed by atoms with E-state index in [1.54, 1.807) is 0 Å². The van der Waals surface area contributed by atoms with Crippen LogP contribution in [0.2, 0.25) is 0 Å². The van der Waals surface area contributed by atoms with E-state index in [0.29, 0.717) is 18.2 Å². The maximum atomic E-state index is 13.5. The summed E-state index contributed by atoms with van der Waals surface area (Å²) in [6.45, 7) is 1.30. The molecule has 0 N–H and O–H groups in total. The van der Waals surface area contributed by atoms with Gasteiger partial charge in [0, 0.05) is 11.6 Å². The van der Waals surface area contributed by atoms with Gasteiger partial charge in [-0.05, 0) is 30.7 Å². The van der Waals surface area contributed by atoms with Crippen LogP contribution in [-0.2, 0) is 0 Å². The summed E-state index contributed by atoms with van der Waals surface area (Å²) in [7, 11) is 0. The molecule has 20 heavy (non-hydrogen) atoms. The molecule has 0 fully saturated rings. The molecule has 0 bridgehead atoms. The lowest BCUT2D eigenvalue weighted by Gasteiger charge is -2.06. The fourth-order valence-corrected chi connectivity index (χ4v) is 1.67. The summed E-state index contributed by atoms with van der Waals surface area (Å²) in [6.07, 6.45) is 0. The van der Waals surface area contributed by atoms with Crippen LogP contribution in [0.1, 0.15) is 21.5 Å². The van der Waals surface area contributed by atoms with Crippen molar-refractivity contribution in [3.8, 4) is 0 Å². The molecule has 2 rings (SSSR count). The van der Waals surface area contributed by atoms with Crippen molar-refractivity contribution in [1.82, 2.24) is 0 Å². The number of ketones is 1. The van der Waals surface area contributed by atoms with Gasteiger partial charge >= 0.3 is 0 Å². The van der Waals surface area contributed by atoms with Crippen LogP contribution >= 0.6 is 0 Å². The van der Waals surface area contributed by atoms with E-state index >= 15 is 0 Å². The van der Waals surface area contributed by atoms with Crippen molar-refractivity contribution in [1.29, 1.82) is 0 Å². The molecule has 0 spiro atoms. The van der Waals surface area contributed by atoms with E-state index in [9.17, 15) is 26.7 Å². The summed E-state index contributed by atoms with van der Waals surface area (Å²) < 4.78 is 65.5. The Morgan fingerprint density at radius 2 is 1.35 bits per heavy atom. The van der Waals surface area contributed by atoms with Gasteiger partial charge in [-0.15, -0.1) is 0 Å². The minimum Gasteiger partial charge on any atom is -0.288 e. The third kappa shape index (κ3) is 2.41. The summed E-state index contributed by atoms with van der Waals surface area (Å²) in [5, 5.41) is 0. The van der Waals surface area contributed by atoms with Crippen LogP contribution in [0.15, 0.2) is 24.3 Å². The molecule has 0 aromatic heterocycles. The Morgan fingerprint density at radius 1 is 0.800 bits per heavy atom. The Labute approximate surface area is 110 Å². The van der Waals surface area contributed by atoms with Crippen molar-refractivity contribution in [3.05, 3.63) is 70.0 Å². The summed E-state index contributed by atoms with van der Waals surface area (Å²) in [5.74, 6) is -7.93. The van der Waals surface area contributed by atoms with Crippen LogP contribution in [0, 0.1) is 36.0 Å². The maximum Gasteiger partial charge on any atom is 0.196 e. The van der Waals surface area contributed by atoms with Crippen molar-refractivity contribution >= 4 is 5.78 Å². The van der Waals surface area contributed by atoms with Gasteiger partial charge in [-0.25, -0.2) is 22.0 Å². The van der Waals surface area contributed by atoms with E-state index in [-0.39, 0.29) is 5.56 Å². The molecule has 0 radical (unpaired) electrons. The Balaban J connectivity index is 2.55. The van der Waals surface area contributed by atoms with E-state index in [4.69, 9.17) is 0 Å². The van der Waals surface area contributed by atoms with Crippen LogP contribution < -0.4 is 0 Å². The van der Waals surface area contributed by atoms with Crippen LogP contribution in [0.4, 0.5) is 22.0 Å². The Bertz CT molecular complexity index is 686. The molecule has 0 unspecified atom stereocenters. The first-order chi connectivity index (χ1) is 9.31. The second-order valence-electron chi connectivity index (χ2n) is 4.16. The molecule has 0 heterocycles. The summed E-state index contributed by atoms with van der Waals surface area (Å²) in [5.41, 5.74) is -1.11. The predicted molar refractivity (Wildman–Crippen MR) is 60.8 cm³/mol. The number of rotatable bonds is 2. The van der Waals surface area contributed by atoms with Crippen LogP contribution in [-0.4, -0.2) is 5.78 Å². The SMILES string of the molecule is Cc1cc(C(=O)c2cc(F)c(F)c(F)c2)c(F)cc1F. The van der Waals surface area contributed by atoms with Crippen molar-refractivity contribution < 1.29 is 26.7 Å². The van der Waals surface area contributed by atoms with Gasteiger partial charge in [-0.3, -0.25) is 4.79 Å². The number of aryl methyl sites for hydroxylation is 1. The second-order valence-corrected chi connectivity index (χ2v) is 4.16. The third-order valence-electron chi connectivity index (χ3n) is 2.74. The molecular weight excluding hydrogens is 279 g/mol. The van der Waals surface area contributed by atoms with Gasteiger partial charge in [0.25, 0.3) is 0 Å². The van der Waals surface area contributed by atoms with Gasteiger partial charge in [0.2, 0.25) is 0 Å². The van der Waals surface area contributed by atoms with Crippen molar-refractivity contribution in [2.75, 3.05) is 0 Å². The molecule has 0 aliphatic rings. The lowest BCUT2D eigenvalue weighted by molar-refractivity contribution is 0.103. The molecule has 0 aliphatic heterocycles. The van der Waals surface area contributed by atoms with Gasteiger partial charge in [0.15, 0.2) is 23.2 Å². The van der Waals surface area contributed by atoms with E-state index in [0.717, 1.165) is 6.07 Å². The lowest BCUT2D eigenvalue weighted by atomic mass is 10.0. The number of halogens is 5. The zero-order valence-electron chi connectivity index (χ0n) is 10.1. The van der Waals surface area contributed by atoms with Gasteiger partial charge in [-0.2, -0.15) is 0 Å². The largest absolute Gasteiger partial charge is 0.288 e. The van der Waals surface area contributed by atoms with Gasteiger partial charge in [0.05, 0.1) is 5.56 Å². The minimum absolute atomic E-state index is 0.00203. The molecular formula is C14H7F5O. The molecule has 2 aromatic rings. The Hall–Kier alpha value is -2.24. The topological polar surface area (TPSA) is 17.1 Å². The number of hydrogen-bond donors (Lipinski definition) is 0. The first kappa shape index (κ1) is 14.2. The van der Waals surface area contributed by atoms with Crippen molar-refractivity contribution in [2.24, 2.45) is 0 Å². The van der Waals surface area contributed by atoms with Crippen LogP contribution in [0.25, 0.3) is 0 Å². The van der Waals surface area contributed by atoms with Crippen molar-refractivity contribution in [2.45, 2.75) is 6.92 Å². The van der Waals surface area contributed by atoms with Gasteiger partial charge < -0.3 is 0 Å². The Kier molecular flexibility index (Phi) is 3.57. The highest BCUT2D eigenvalue weighted by molar-refractivity contribution is 6.09.